The third-order valence-corrected chi connectivity index (χ3v) is 4.59. The summed E-state index contributed by atoms with van der Waals surface area (Å²) in [6, 6.07) is 3.94. The zero-order valence-electron chi connectivity index (χ0n) is 13.3. The van der Waals surface area contributed by atoms with Crippen LogP contribution in [0.5, 0.6) is 0 Å². The molecule has 1 aromatic carbocycles. The van der Waals surface area contributed by atoms with Crippen LogP contribution in [0.4, 0.5) is 0 Å². The zero-order chi connectivity index (χ0) is 16.2. The van der Waals surface area contributed by atoms with Gasteiger partial charge in [0.25, 0.3) is 0 Å². The Morgan fingerprint density at radius 2 is 1.50 bits per heavy atom. The molecule has 5 heteroatoms. The second-order valence-electron chi connectivity index (χ2n) is 5.69. The third kappa shape index (κ3) is 2.20. The lowest BCUT2D eigenvalue weighted by molar-refractivity contribution is 0.975. The lowest BCUT2D eigenvalue weighted by Crippen LogP contribution is -2.04. The fourth-order valence-electron chi connectivity index (χ4n) is 3.05. The van der Waals surface area contributed by atoms with Crippen molar-refractivity contribution in [2.45, 2.75) is 34.6 Å². The van der Waals surface area contributed by atoms with Gasteiger partial charge in [0.2, 0.25) is 0 Å². The Bertz CT molecular complexity index is 887. The van der Waals surface area contributed by atoms with Crippen molar-refractivity contribution in [2.24, 2.45) is 0 Å². The quantitative estimate of drug-likeness (QED) is 0.568. The van der Waals surface area contributed by atoms with Gasteiger partial charge in [-0.15, -0.1) is 0 Å². The van der Waals surface area contributed by atoms with E-state index in [9.17, 15) is 0 Å². The van der Waals surface area contributed by atoms with E-state index < -0.39 is 0 Å². The second kappa shape index (κ2) is 5.25. The van der Waals surface area contributed by atoms with Crippen LogP contribution in [-0.4, -0.2) is 14.5 Å². The average Bonchev–Trinajstić information content (AvgIpc) is 2.62. The molecule has 0 unspecified atom stereocenters. The summed E-state index contributed by atoms with van der Waals surface area (Å²) in [5.41, 5.74) is 6.39. The van der Waals surface area contributed by atoms with Crippen LogP contribution in [0.2, 0.25) is 10.2 Å². The predicted octanol–water partition coefficient (Wildman–Crippen LogP) is 5.27. The number of hydrogen-bond acceptors (Lipinski definition) is 2. The van der Waals surface area contributed by atoms with E-state index in [1.165, 1.54) is 0 Å². The van der Waals surface area contributed by atoms with Gasteiger partial charge in [-0.3, -0.25) is 4.57 Å². The van der Waals surface area contributed by atoms with Gasteiger partial charge in [0.15, 0.2) is 0 Å². The maximum absolute atomic E-state index is 6.36. The lowest BCUT2D eigenvalue weighted by Gasteiger charge is -2.15. The molecule has 0 aliphatic carbocycles. The van der Waals surface area contributed by atoms with Gasteiger partial charge in [-0.25, -0.2) is 9.97 Å². The molecular formula is C17H17Cl2N3. The highest BCUT2D eigenvalue weighted by Crippen LogP contribution is 2.34. The molecule has 0 spiro atoms. The summed E-state index contributed by atoms with van der Waals surface area (Å²) in [5, 5.41) is 2.16. The van der Waals surface area contributed by atoms with Crippen molar-refractivity contribution < 1.29 is 0 Å². The first kappa shape index (κ1) is 15.3. The van der Waals surface area contributed by atoms with Crippen LogP contribution in [0.3, 0.4) is 0 Å². The molecule has 0 aliphatic heterocycles. The summed E-state index contributed by atoms with van der Waals surface area (Å²) in [6.07, 6.45) is 0. The number of nitrogens with zero attached hydrogens (tertiary/aromatic N) is 3. The first-order valence-electron chi connectivity index (χ1n) is 7.10. The van der Waals surface area contributed by atoms with Crippen LogP contribution in [0.15, 0.2) is 12.1 Å². The molecule has 0 saturated heterocycles. The summed E-state index contributed by atoms with van der Waals surface area (Å²) in [5.74, 6) is 0.667. The van der Waals surface area contributed by atoms with Crippen molar-refractivity contribution in [3.63, 3.8) is 0 Å². The lowest BCUT2D eigenvalue weighted by atomic mass is 10.1. The number of rotatable bonds is 1. The molecule has 0 saturated carbocycles. The van der Waals surface area contributed by atoms with Crippen molar-refractivity contribution in [3.8, 4) is 5.69 Å². The fraction of sp³-hybridized carbons (Fsp3) is 0.294. The molecule has 3 rings (SSSR count). The van der Waals surface area contributed by atoms with E-state index in [1.54, 1.807) is 0 Å². The van der Waals surface area contributed by atoms with Crippen molar-refractivity contribution in [3.05, 3.63) is 50.5 Å². The summed E-state index contributed by atoms with van der Waals surface area (Å²) in [6.45, 7) is 10.1. The van der Waals surface area contributed by atoms with Crippen molar-refractivity contribution >= 4 is 34.2 Å². The van der Waals surface area contributed by atoms with Gasteiger partial charge in [-0.1, -0.05) is 23.2 Å². The minimum atomic E-state index is 0.506. The summed E-state index contributed by atoms with van der Waals surface area (Å²) in [4.78, 5) is 8.92. The van der Waals surface area contributed by atoms with E-state index >= 15 is 0 Å². The van der Waals surface area contributed by atoms with Gasteiger partial charge in [0.1, 0.15) is 16.6 Å². The minimum Gasteiger partial charge on any atom is -0.298 e. The number of aryl methyl sites for hydroxylation is 4. The molecule has 22 heavy (non-hydrogen) atoms. The van der Waals surface area contributed by atoms with Crippen molar-refractivity contribution in [1.82, 2.24) is 14.5 Å². The number of hydrogen-bond donors (Lipinski definition) is 0. The number of halogens is 2. The van der Waals surface area contributed by atoms with Gasteiger partial charge in [-0.2, -0.15) is 0 Å². The second-order valence-corrected chi connectivity index (χ2v) is 6.49. The highest BCUT2D eigenvalue weighted by molar-refractivity contribution is 6.34. The molecule has 0 fully saturated rings. The molecule has 0 aliphatic rings. The fourth-order valence-corrected chi connectivity index (χ4v) is 3.72. The molecule has 0 atom stereocenters. The molecule has 0 radical (unpaired) electrons. The van der Waals surface area contributed by atoms with Gasteiger partial charge in [0.05, 0.1) is 11.1 Å². The minimum absolute atomic E-state index is 0.506. The molecule has 2 aromatic heterocycles. The molecule has 0 bridgehead atoms. The first-order valence-corrected chi connectivity index (χ1v) is 7.85. The molecule has 114 valence electrons. The van der Waals surface area contributed by atoms with Crippen molar-refractivity contribution in [1.29, 1.82) is 0 Å². The molecule has 2 heterocycles. The van der Waals surface area contributed by atoms with Crippen LogP contribution in [0.1, 0.15) is 28.2 Å². The first-order chi connectivity index (χ1) is 10.3. The van der Waals surface area contributed by atoms with E-state index in [0.29, 0.717) is 11.0 Å². The maximum atomic E-state index is 6.36. The van der Waals surface area contributed by atoms with Crippen LogP contribution < -0.4 is 0 Å². The highest BCUT2D eigenvalue weighted by atomic mass is 35.5. The van der Waals surface area contributed by atoms with Crippen LogP contribution >= 0.6 is 23.2 Å². The Labute approximate surface area is 139 Å². The average molecular weight is 334 g/mol. The van der Waals surface area contributed by atoms with E-state index in [4.69, 9.17) is 23.2 Å². The van der Waals surface area contributed by atoms with Crippen LogP contribution in [0.25, 0.3) is 16.7 Å². The Balaban J connectivity index is 2.50. The Morgan fingerprint density at radius 3 is 2.09 bits per heavy atom. The molecule has 0 N–H and O–H groups in total. The predicted molar refractivity (Wildman–Crippen MR) is 92.6 cm³/mol. The highest BCUT2D eigenvalue weighted by Gasteiger charge is 2.20. The normalized spacial score (nSPS) is 11.4. The SMILES string of the molecule is Cc1nc(Cl)c2c(C)c(C)n(-c3c(C)cc(Cl)cc3C)c2n1. The van der Waals surface area contributed by atoms with Gasteiger partial charge >= 0.3 is 0 Å². The molecule has 3 nitrogen and oxygen atoms in total. The van der Waals surface area contributed by atoms with Crippen molar-refractivity contribution in [2.75, 3.05) is 0 Å². The third-order valence-electron chi connectivity index (χ3n) is 4.10. The summed E-state index contributed by atoms with van der Waals surface area (Å²) in [7, 11) is 0. The Kier molecular flexibility index (Phi) is 3.66. The van der Waals surface area contributed by atoms with Crippen LogP contribution in [0, 0.1) is 34.6 Å². The number of aromatic nitrogens is 3. The molecule has 0 amide bonds. The number of fused-ring (bicyclic) bond motifs is 1. The van der Waals surface area contributed by atoms with E-state index in [1.807, 2.05) is 19.1 Å². The maximum Gasteiger partial charge on any atom is 0.150 e. The summed E-state index contributed by atoms with van der Waals surface area (Å²) >= 11 is 12.5. The van der Waals surface area contributed by atoms with Gasteiger partial charge < -0.3 is 0 Å². The standard InChI is InChI=1S/C17H17Cl2N3/c1-8-6-13(18)7-9(2)15(8)22-11(4)10(3)14-16(19)20-12(5)21-17(14)22/h6-7H,1-5H3. The van der Waals surface area contributed by atoms with Crippen LogP contribution in [-0.2, 0) is 0 Å². The van der Waals surface area contributed by atoms with E-state index in [-0.39, 0.29) is 0 Å². The monoisotopic (exact) mass is 333 g/mol. The largest absolute Gasteiger partial charge is 0.298 e. The zero-order valence-corrected chi connectivity index (χ0v) is 14.8. The van der Waals surface area contributed by atoms with Gasteiger partial charge in [0, 0.05) is 10.7 Å². The van der Waals surface area contributed by atoms with E-state index in [2.05, 4.69) is 42.2 Å². The van der Waals surface area contributed by atoms with Gasteiger partial charge in [-0.05, 0) is 63.4 Å². The van der Waals surface area contributed by atoms with E-state index in [0.717, 1.165) is 44.1 Å². The smallest absolute Gasteiger partial charge is 0.150 e. The molecule has 3 aromatic rings. The summed E-state index contributed by atoms with van der Waals surface area (Å²) < 4.78 is 2.16. The Morgan fingerprint density at radius 1 is 0.909 bits per heavy atom. The topological polar surface area (TPSA) is 30.7 Å². The molecular weight excluding hydrogens is 317 g/mol. The Hall–Kier alpha value is -1.58. The number of benzene rings is 1.